The summed E-state index contributed by atoms with van der Waals surface area (Å²) in [7, 11) is 0. The van der Waals surface area contributed by atoms with Crippen LogP contribution in [0.3, 0.4) is 0 Å². The van der Waals surface area contributed by atoms with Crippen LogP contribution in [0.4, 0.5) is 5.69 Å². The van der Waals surface area contributed by atoms with Crippen molar-refractivity contribution in [1.82, 2.24) is 0 Å². The second-order valence-corrected chi connectivity index (χ2v) is 5.11. The van der Waals surface area contributed by atoms with E-state index in [0.29, 0.717) is 0 Å². The second kappa shape index (κ2) is 4.37. The van der Waals surface area contributed by atoms with Crippen molar-refractivity contribution in [3.8, 4) is 11.1 Å². The third-order valence-corrected chi connectivity index (χ3v) is 3.00. The first-order valence-electron chi connectivity index (χ1n) is 4.47. The molecule has 0 radical (unpaired) electrons. The minimum atomic E-state index is 0.781. The van der Waals surface area contributed by atoms with E-state index in [4.69, 9.17) is 5.73 Å². The fourth-order valence-electron chi connectivity index (χ4n) is 1.44. The normalized spacial score (nSPS) is 10.3. The molecule has 76 valence electrons. The predicted molar refractivity (Wildman–Crippen MR) is 71.7 cm³/mol. The highest BCUT2D eigenvalue weighted by Crippen LogP contribution is 2.28. The monoisotopic (exact) mass is 325 g/mol. The van der Waals surface area contributed by atoms with Gasteiger partial charge in [-0.3, -0.25) is 0 Å². The number of hydrogen-bond acceptors (Lipinski definition) is 1. The molecule has 0 aliphatic rings. The minimum absolute atomic E-state index is 0.781. The van der Waals surface area contributed by atoms with Gasteiger partial charge in [0.25, 0.3) is 0 Å². The first-order valence-corrected chi connectivity index (χ1v) is 6.06. The molecule has 2 rings (SSSR count). The molecule has 0 aromatic heterocycles. The number of nitrogens with two attached hydrogens (primary N) is 1. The molecule has 1 nitrogen and oxygen atoms in total. The van der Waals surface area contributed by atoms with Gasteiger partial charge in [-0.1, -0.05) is 44.0 Å². The zero-order valence-electron chi connectivity index (χ0n) is 7.87. The maximum atomic E-state index is 5.75. The van der Waals surface area contributed by atoms with Gasteiger partial charge in [-0.2, -0.15) is 0 Å². The van der Waals surface area contributed by atoms with E-state index in [1.54, 1.807) is 0 Å². The van der Waals surface area contributed by atoms with Crippen LogP contribution in [0.25, 0.3) is 11.1 Å². The van der Waals surface area contributed by atoms with E-state index in [2.05, 4.69) is 44.0 Å². The van der Waals surface area contributed by atoms with E-state index in [1.165, 1.54) is 0 Å². The molecule has 0 aliphatic heterocycles. The fourth-order valence-corrected chi connectivity index (χ4v) is 2.73. The zero-order valence-corrected chi connectivity index (χ0v) is 11.0. The van der Waals surface area contributed by atoms with Gasteiger partial charge in [0.2, 0.25) is 0 Å². The maximum Gasteiger partial charge on any atom is 0.0320 e. The van der Waals surface area contributed by atoms with E-state index in [9.17, 15) is 0 Å². The Labute approximate surface area is 106 Å². The maximum absolute atomic E-state index is 5.75. The summed E-state index contributed by atoms with van der Waals surface area (Å²) in [6, 6.07) is 14.0. The van der Waals surface area contributed by atoms with E-state index in [1.807, 2.05) is 30.3 Å². The molecule has 0 fully saturated rings. The van der Waals surface area contributed by atoms with Crippen LogP contribution in [0, 0.1) is 0 Å². The lowest BCUT2D eigenvalue weighted by molar-refractivity contribution is 1.56. The Morgan fingerprint density at radius 2 is 1.47 bits per heavy atom. The average molecular weight is 327 g/mol. The van der Waals surface area contributed by atoms with Crippen LogP contribution in [0.2, 0.25) is 0 Å². The summed E-state index contributed by atoms with van der Waals surface area (Å²) < 4.78 is 2.10. The number of rotatable bonds is 1. The third-order valence-electron chi connectivity index (χ3n) is 2.08. The van der Waals surface area contributed by atoms with E-state index in [0.717, 1.165) is 25.8 Å². The number of hydrogen-bond donors (Lipinski definition) is 1. The lowest BCUT2D eigenvalue weighted by atomic mass is 10.1. The Bertz CT molecular complexity index is 474. The van der Waals surface area contributed by atoms with Gasteiger partial charge in [-0.05, 0) is 41.5 Å². The van der Waals surface area contributed by atoms with Gasteiger partial charge >= 0.3 is 0 Å². The molecular weight excluding hydrogens is 318 g/mol. The highest BCUT2D eigenvalue weighted by molar-refractivity contribution is 9.11. The van der Waals surface area contributed by atoms with Crippen LogP contribution in [-0.4, -0.2) is 0 Å². The van der Waals surface area contributed by atoms with Crippen LogP contribution in [0.15, 0.2) is 51.4 Å². The van der Waals surface area contributed by atoms with Gasteiger partial charge in [0, 0.05) is 14.6 Å². The van der Waals surface area contributed by atoms with Gasteiger partial charge in [0.15, 0.2) is 0 Å². The van der Waals surface area contributed by atoms with Crippen molar-refractivity contribution < 1.29 is 0 Å². The predicted octanol–water partition coefficient (Wildman–Crippen LogP) is 4.46. The molecule has 3 heteroatoms. The van der Waals surface area contributed by atoms with Crippen molar-refractivity contribution in [2.24, 2.45) is 0 Å². The topological polar surface area (TPSA) is 26.0 Å². The fraction of sp³-hybridized carbons (Fsp3) is 0. The first kappa shape index (κ1) is 10.7. The Morgan fingerprint density at radius 1 is 0.800 bits per heavy atom. The molecule has 0 heterocycles. The van der Waals surface area contributed by atoms with Crippen molar-refractivity contribution in [3.05, 3.63) is 51.4 Å². The quantitative estimate of drug-likeness (QED) is 0.769. The average Bonchev–Trinajstić information content (AvgIpc) is 2.16. The zero-order chi connectivity index (χ0) is 10.8. The van der Waals surface area contributed by atoms with Crippen molar-refractivity contribution in [3.63, 3.8) is 0 Å². The Hall–Kier alpha value is -0.800. The molecule has 0 atom stereocenters. The summed E-state index contributed by atoms with van der Waals surface area (Å²) in [5.74, 6) is 0. The lowest BCUT2D eigenvalue weighted by Gasteiger charge is -2.04. The summed E-state index contributed by atoms with van der Waals surface area (Å²) in [4.78, 5) is 0. The van der Waals surface area contributed by atoms with E-state index in [-0.39, 0.29) is 0 Å². The molecule has 0 amide bonds. The van der Waals surface area contributed by atoms with E-state index < -0.39 is 0 Å². The summed E-state index contributed by atoms with van der Waals surface area (Å²) >= 11 is 6.94. The molecule has 2 aromatic carbocycles. The van der Waals surface area contributed by atoms with Crippen molar-refractivity contribution >= 4 is 37.5 Å². The molecule has 0 spiro atoms. The third kappa shape index (κ3) is 2.61. The first-order chi connectivity index (χ1) is 7.15. The lowest BCUT2D eigenvalue weighted by Crippen LogP contribution is -1.85. The van der Waals surface area contributed by atoms with Crippen LogP contribution in [0.1, 0.15) is 0 Å². The van der Waals surface area contributed by atoms with Crippen molar-refractivity contribution in [1.29, 1.82) is 0 Å². The largest absolute Gasteiger partial charge is 0.399 e. The molecule has 0 unspecified atom stereocenters. The standard InChI is InChI=1S/C12H9Br2N/c13-10-4-9(5-11(14)7-10)8-2-1-3-12(15)6-8/h1-7H,15H2. The minimum Gasteiger partial charge on any atom is -0.399 e. The molecular formula is C12H9Br2N. The molecule has 2 N–H and O–H groups in total. The molecule has 0 aliphatic carbocycles. The van der Waals surface area contributed by atoms with Crippen LogP contribution in [-0.2, 0) is 0 Å². The summed E-state index contributed by atoms with van der Waals surface area (Å²) in [6.07, 6.45) is 0. The second-order valence-electron chi connectivity index (χ2n) is 3.28. The van der Waals surface area contributed by atoms with Gasteiger partial charge in [-0.25, -0.2) is 0 Å². The Morgan fingerprint density at radius 3 is 2.07 bits per heavy atom. The van der Waals surface area contributed by atoms with Gasteiger partial charge in [-0.15, -0.1) is 0 Å². The molecule has 0 saturated heterocycles. The van der Waals surface area contributed by atoms with Gasteiger partial charge in [0.05, 0.1) is 0 Å². The summed E-state index contributed by atoms with van der Waals surface area (Å²) in [6.45, 7) is 0. The highest BCUT2D eigenvalue weighted by atomic mass is 79.9. The summed E-state index contributed by atoms with van der Waals surface area (Å²) in [5, 5.41) is 0. The summed E-state index contributed by atoms with van der Waals surface area (Å²) in [5.41, 5.74) is 8.79. The van der Waals surface area contributed by atoms with E-state index >= 15 is 0 Å². The van der Waals surface area contributed by atoms with Gasteiger partial charge < -0.3 is 5.73 Å². The number of benzene rings is 2. The number of halogens is 2. The van der Waals surface area contributed by atoms with Crippen LogP contribution >= 0.6 is 31.9 Å². The Kier molecular flexibility index (Phi) is 3.12. The van der Waals surface area contributed by atoms with Crippen molar-refractivity contribution in [2.45, 2.75) is 0 Å². The highest BCUT2D eigenvalue weighted by Gasteiger charge is 2.00. The van der Waals surface area contributed by atoms with Crippen LogP contribution < -0.4 is 5.73 Å². The molecule has 0 bridgehead atoms. The Balaban J connectivity index is 2.54. The van der Waals surface area contributed by atoms with Crippen LogP contribution in [0.5, 0.6) is 0 Å². The SMILES string of the molecule is Nc1cccc(-c2cc(Br)cc(Br)c2)c1. The molecule has 15 heavy (non-hydrogen) atoms. The smallest absolute Gasteiger partial charge is 0.0320 e. The molecule has 2 aromatic rings. The molecule has 0 saturated carbocycles. The number of nitrogen functional groups attached to an aromatic ring is 1. The number of anilines is 1. The van der Waals surface area contributed by atoms with Crippen molar-refractivity contribution in [2.75, 3.05) is 5.73 Å². The van der Waals surface area contributed by atoms with Gasteiger partial charge in [0.1, 0.15) is 0 Å².